The Morgan fingerprint density at radius 2 is 0.898 bits per heavy atom. The zero-order valence-electron chi connectivity index (χ0n) is 38.9. The quantitative estimate of drug-likeness (QED) is 0.0323. The van der Waals surface area contributed by atoms with Crippen molar-refractivity contribution in [3.05, 3.63) is 60.8 Å². The molecule has 0 spiro atoms. The molecule has 0 saturated heterocycles. The van der Waals surface area contributed by atoms with E-state index in [4.69, 9.17) is 4.74 Å². The fraction of sp³-hybridized carbons (Fsp3) is 0.774. The van der Waals surface area contributed by atoms with E-state index in [0.29, 0.717) is 19.3 Å². The van der Waals surface area contributed by atoms with Crippen molar-refractivity contribution in [3.8, 4) is 0 Å². The Hall–Kier alpha value is -2.44. The minimum atomic E-state index is -0.811. The van der Waals surface area contributed by atoms with Gasteiger partial charge in [0.05, 0.1) is 25.2 Å². The van der Waals surface area contributed by atoms with E-state index in [1.807, 2.05) is 6.08 Å². The van der Waals surface area contributed by atoms with Crippen molar-refractivity contribution in [1.29, 1.82) is 0 Å². The Labute approximate surface area is 365 Å². The molecular formula is C53H95NO5. The van der Waals surface area contributed by atoms with Crippen LogP contribution >= 0.6 is 0 Å². The molecule has 3 N–H and O–H groups in total. The van der Waals surface area contributed by atoms with Crippen LogP contribution in [-0.2, 0) is 14.3 Å². The molecule has 0 fully saturated rings. The van der Waals surface area contributed by atoms with Crippen LogP contribution in [0.2, 0.25) is 0 Å². The Kier molecular flexibility index (Phi) is 44.7. The van der Waals surface area contributed by atoms with Gasteiger partial charge < -0.3 is 20.3 Å². The van der Waals surface area contributed by atoms with E-state index in [2.05, 4.69) is 80.8 Å². The molecule has 0 bridgehead atoms. The molecule has 6 heteroatoms. The third-order valence-corrected chi connectivity index (χ3v) is 11.1. The van der Waals surface area contributed by atoms with Crippen molar-refractivity contribution in [2.24, 2.45) is 0 Å². The van der Waals surface area contributed by atoms with Gasteiger partial charge in [0, 0.05) is 12.8 Å². The Bertz CT molecular complexity index is 1060. The first-order valence-corrected chi connectivity index (χ1v) is 25.0. The predicted molar refractivity (Wildman–Crippen MR) is 255 cm³/mol. The number of aliphatic hydroxyl groups excluding tert-OH is 2. The smallest absolute Gasteiger partial charge is 0.306 e. The molecule has 0 radical (unpaired) electrons. The Morgan fingerprint density at radius 3 is 1.42 bits per heavy atom. The fourth-order valence-corrected chi connectivity index (χ4v) is 7.23. The van der Waals surface area contributed by atoms with E-state index in [-0.39, 0.29) is 24.9 Å². The molecule has 0 rings (SSSR count). The number of esters is 1. The van der Waals surface area contributed by atoms with Crippen molar-refractivity contribution in [1.82, 2.24) is 5.32 Å². The predicted octanol–water partition coefficient (Wildman–Crippen LogP) is 14.8. The van der Waals surface area contributed by atoms with Crippen molar-refractivity contribution < 1.29 is 24.5 Å². The number of unbranched alkanes of at least 4 members (excludes halogenated alkanes) is 23. The summed E-state index contributed by atoms with van der Waals surface area (Å²) in [6.07, 6.45) is 57.2. The second kappa shape index (κ2) is 46.6. The minimum absolute atomic E-state index is 0.000708. The molecule has 6 nitrogen and oxygen atoms in total. The van der Waals surface area contributed by atoms with Gasteiger partial charge in [-0.2, -0.15) is 0 Å². The van der Waals surface area contributed by atoms with Crippen LogP contribution in [0.15, 0.2) is 60.8 Å². The van der Waals surface area contributed by atoms with E-state index >= 15 is 0 Å². The summed E-state index contributed by atoms with van der Waals surface area (Å²) in [5, 5.41) is 23.6. The van der Waals surface area contributed by atoms with Gasteiger partial charge in [0.15, 0.2) is 0 Å². The second-order valence-corrected chi connectivity index (χ2v) is 16.9. The maximum Gasteiger partial charge on any atom is 0.306 e. The number of amides is 1. The SMILES string of the molecule is CCCCC/C=C\C/C=C\C/C=C\C/C=C\CC(CC(=O)NC(CO)C(O)CCCCCCCCCCCC)OC(=O)CCCCCCCCC/C=C\CCCCCC. The molecule has 0 heterocycles. The maximum absolute atomic E-state index is 13.1. The molecule has 3 atom stereocenters. The number of nitrogens with one attached hydrogen (secondary N) is 1. The topological polar surface area (TPSA) is 95.9 Å². The lowest BCUT2D eigenvalue weighted by molar-refractivity contribution is -0.150. The molecule has 342 valence electrons. The van der Waals surface area contributed by atoms with Crippen LogP contribution in [0.25, 0.3) is 0 Å². The van der Waals surface area contributed by atoms with Crippen LogP contribution in [0, 0.1) is 0 Å². The molecular weight excluding hydrogens is 731 g/mol. The number of hydrogen-bond donors (Lipinski definition) is 3. The van der Waals surface area contributed by atoms with Crippen LogP contribution in [0.3, 0.4) is 0 Å². The molecule has 0 saturated carbocycles. The number of hydrogen-bond acceptors (Lipinski definition) is 5. The highest BCUT2D eigenvalue weighted by Crippen LogP contribution is 2.16. The largest absolute Gasteiger partial charge is 0.461 e. The van der Waals surface area contributed by atoms with E-state index in [0.717, 1.165) is 57.8 Å². The number of aliphatic hydroxyl groups is 2. The number of rotatable bonds is 44. The highest BCUT2D eigenvalue weighted by molar-refractivity contribution is 5.77. The van der Waals surface area contributed by atoms with Gasteiger partial charge in [-0.3, -0.25) is 9.59 Å². The van der Waals surface area contributed by atoms with Gasteiger partial charge >= 0.3 is 5.97 Å². The lowest BCUT2D eigenvalue weighted by Gasteiger charge is -2.24. The molecule has 1 amide bonds. The molecule has 0 aliphatic carbocycles. The molecule has 0 aromatic carbocycles. The lowest BCUT2D eigenvalue weighted by Crippen LogP contribution is -2.46. The van der Waals surface area contributed by atoms with Gasteiger partial charge in [-0.25, -0.2) is 0 Å². The first kappa shape index (κ1) is 56.6. The zero-order valence-corrected chi connectivity index (χ0v) is 38.9. The summed E-state index contributed by atoms with van der Waals surface area (Å²) in [6.45, 7) is 6.40. The van der Waals surface area contributed by atoms with Crippen LogP contribution in [0.5, 0.6) is 0 Å². The lowest BCUT2D eigenvalue weighted by atomic mass is 10.0. The van der Waals surface area contributed by atoms with E-state index in [1.165, 1.54) is 135 Å². The summed E-state index contributed by atoms with van der Waals surface area (Å²) in [5.74, 6) is -0.581. The molecule has 0 aromatic heterocycles. The number of carbonyl (C=O) groups is 2. The van der Waals surface area contributed by atoms with Crippen molar-refractivity contribution >= 4 is 11.9 Å². The van der Waals surface area contributed by atoms with Gasteiger partial charge in [-0.05, 0) is 70.6 Å². The zero-order chi connectivity index (χ0) is 43.1. The van der Waals surface area contributed by atoms with E-state index in [9.17, 15) is 19.8 Å². The third kappa shape index (κ3) is 42.1. The third-order valence-electron chi connectivity index (χ3n) is 11.1. The van der Waals surface area contributed by atoms with Crippen LogP contribution < -0.4 is 5.32 Å². The summed E-state index contributed by atoms with van der Waals surface area (Å²) in [4.78, 5) is 26.0. The minimum Gasteiger partial charge on any atom is -0.461 e. The van der Waals surface area contributed by atoms with Crippen molar-refractivity contribution in [3.63, 3.8) is 0 Å². The van der Waals surface area contributed by atoms with Gasteiger partial charge in [0.25, 0.3) is 0 Å². The summed E-state index contributed by atoms with van der Waals surface area (Å²) < 4.78 is 5.86. The van der Waals surface area contributed by atoms with Gasteiger partial charge in [-0.1, -0.05) is 210 Å². The maximum atomic E-state index is 13.1. The molecule has 0 aromatic rings. The monoisotopic (exact) mass is 826 g/mol. The van der Waals surface area contributed by atoms with E-state index in [1.54, 1.807) is 0 Å². The van der Waals surface area contributed by atoms with Crippen LogP contribution in [-0.4, -0.2) is 46.9 Å². The second-order valence-electron chi connectivity index (χ2n) is 16.9. The average molecular weight is 826 g/mol. The summed E-state index contributed by atoms with van der Waals surface area (Å²) in [6, 6.07) is -0.731. The van der Waals surface area contributed by atoms with Gasteiger partial charge in [-0.15, -0.1) is 0 Å². The number of ether oxygens (including phenoxy) is 1. The standard InChI is InChI=1S/C53H95NO5/c1-4-7-10-13-16-19-22-24-26-28-30-32-35-38-41-44-49(59-53(58)46-43-40-37-34-31-29-27-25-23-20-17-14-11-8-5-2)47-52(57)54-50(48-55)51(56)45-42-39-36-33-21-18-15-12-9-6-3/h16,19-20,23-24,26,30,32,38,41,49-51,55-56H,4-15,17-18,21-22,25,27-29,31,33-37,39-40,42-48H2,1-3H3,(H,54,57)/b19-16-,23-20-,26-24-,32-30-,41-38-. The first-order chi connectivity index (χ1) is 29.0. The van der Waals surface area contributed by atoms with E-state index < -0.39 is 18.2 Å². The van der Waals surface area contributed by atoms with Gasteiger partial charge in [0.2, 0.25) is 5.91 Å². The molecule has 3 unspecified atom stereocenters. The average Bonchev–Trinajstić information content (AvgIpc) is 3.23. The highest BCUT2D eigenvalue weighted by Gasteiger charge is 2.23. The van der Waals surface area contributed by atoms with Crippen LogP contribution in [0.1, 0.15) is 239 Å². The molecule has 0 aliphatic rings. The normalized spacial score (nSPS) is 13.8. The van der Waals surface area contributed by atoms with Gasteiger partial charge in [0.1, 0.15) is 6.10 Å². The number of allylic oxidation sites excluding steroid dienone is 9. The Balaban J connectivity index is 4.73. The highest BCUT2D eigenvalue weighted by atomic mass is 16.5. The summed E-state index contributed by atoms with van der Waals surface area (Å²) in [7, 11) is 0. The Morgan fingerprint density at radius 1 is 0.508 bits per heavy atom. The summed E-state index contributed by atoms with van der Waals surface area (Å²) >= 11 is 0. The molecule has 0 aliphatic heterocycles. The summed E-state index contributed by atoms with van der Waals surface area (Å²) in [5.41, 5.74) is 0. The van der Waals surface area contributed by atoms with Crippen molar-refractivity contribution in [2.75, 3.05) is 6.61 Å². The first-order valence-electron chi connectivity index (χ1n) is 25.0. The number of carbonyl (C=O) groups excluding carboxylic acids is 2. The fourth-order valence-electron chi connectivity index (χ4n) is 7.23. The van der Waals surface area contributed by atoms with Crippen LogP contribution in [0.4, 0.5) is 0 Å². The van der Waals surface area contributed by atoms with Crippen molar-refractivity contribution in [2.45, 2.75) is 257 Å². The molecule has 59 heavy (non-hydrogen) atoms.